The number of benzene rings is 3. The normalized spacial score (nSPS) is 11.4. The predicted molar refractivity (Wildman–Crippen MR) is 102 cm³/mol. The monoisotopic (exact) mass is 364 g/mol. The highest BCUT2D eigenvalue weighted by atomic mass is 32.1. The van der Waals surface area contributed by atoms with E-state index < -0.39 is 11.6 Å². The topological polar surface area (TPSA) is 65.7 Å². The molecular formula is C20H13FN2O2S. The first-order chi connectivity index (χ1) is 12.6. The fourth-order valence-electron chi connectivity index (χ4n) is 2.54. The lowest BCUT2D eigenvalue weighted by atomic mass is 10.2. The number of fused-ring (bicyclic) bond motifs is 1. The average Bonchev–Trinajstić information content (AvgIpc) is 3.08. The van der Waals surface area contributed by atoms with E-state index in [4.69, 9.17) is 0 Å². The molecule has 0 radical (unpaired) electrons. The Bertz CT molecular complexity index is 1100. The van der Waals surface area contributed by atoms with Crippen LogP contribution in [0.1, 0.15) is 5.56 Å². The van der Waals surface area contributed by atoms with Crippen LogP contribution in [0.15, 0.2) is 65.7 Å². The van der Waals surface area contributed by atoms with Crippen LogP contribution in [-0.2, 0) is 0 Å². The van der Waals surface area contributed by atoms with Gasteiger partial charge in [-0.25, -0.2) is 9.37 Å². The summed E-state index contributed by atoms with van der Waals surface area (Å²) in [7, 11) is 0. The Morgan fingerprint density at radius 2 is 1.85 bits per heavy atom. The molecule has 26 heavy (non-hydrogen) atoms. The minimum Gasteiger partial charge on any atom is -0.507 e. The van der Waals surface area contributed by atoms with Crippen molar-refractivity contribution in [3.63, 3.8) is 0 Å². The van der Waals surface area contributed by atoms with Gasteiger partial charge in [-0.05, 0) is 42.5 Å². The Morgan fingerprint density at radius 3 is 2.69 bits per heavy atom. The fraction of sp³-hybridized carbons (Fsp3) is 0. The maximum absolute atomic E-state index is 13.4. The summed E-state index contributed by atoms with van der Waals surface area (Å²) >= 11 is 1.48. The molecule has 0 aliphatic heterocycles. The number of phenolic OH excluding ortho intramolecular Hbond substituents is 2. The number of rotatable bonds is 3. The highest BCUT2D eigenvalue weighted by Gasteiger charge is 2.11. The number of aromatic hydroxyl groups is 2. The van der Waals surface area contributed by atoms with Gasteiger partial charge in [0.15, 0.2) is 11.6 Å². The van der Waals surface area contributed by atoms with Crippen molar-refractivity contribution in [3.05, 3.63) is 72.0 Å². The number of hydrogen-bond donors (Lipinski definition) is 2. The third-order valence-corrected chi connectivity index (χ3v) is 4.94. The molecule has 4 nitrogen and oxygen atoms in total. The quantitative estimate of drug-likeness (QED) is 0.487. The van der Waals surface area contributed by atoms with Gasteiger partial charge in [0.05, 0.1) is 21.5 Å². The number of nitrogens with zero attached hydrogens (tertiary/aromatic N) is 2. The summed E-state index contributed by atoms with van der Waals surface area (Å²) in [6.07, 6.45) is 1.38. The first kappa shape index (κ1) is 16.2. The molecule has 4 aromatic rings. The zero-order chi connectivity index (χ0) is 18.1. The predicted octanol–water partition coefficient (Wildman–Crippen LogP) is 5.26. The van der Waals surface area contributed by atoms with E-state index >= 15 is 0 Å². The summed E-state index contributed by atoms with van der Waals surface area (Å²) in [6.45, 7) is 0. The summed E-state index contributed by atoms with van der Waals surface area (Å²) < 4.78 is 14.4. The maximum atomic E-state index is 13.4. The van der Waals surface area contributed by atoms with Gasteiger partial charge in [0.1, 0.15) is 10.8 Å². The maximum Gasteiger partial charge on any atom is 0.165 e. The summed E-state index contributed by atoms with van der Waals surface area (Å²) in [4.78, 5) is 8.82. The summed E-state index contributed by atoms with van der Waals surface area (Å²) in [6, 6.07) is 16.9. The van der Waals surface area contributed by atoms with Crippen molar-refractivity contribution < 1.29 is 14.6 Å². The van der Waals surface area contributed by atoms with Crippen LogP contribution >= 0.6 is 11.3 Å². The van der Waals surface area contributed by atoms with Crippen LogP contribution < -0.4 is 0 Å². The number of aromatic nitrogens is 1. The summed E-state index contributed by atoms with van der Waals surface area (Å²) in [5, 5.41) is 20.6. The molecule has 3 aromatic carbocycles. The van der Waals surface area contributed by atoms with E-state index in [0.717, 1.165) is 10.2 Å². The number of halogens is 1. The molecule has 0 saturated carbocycles. The molecule has 0 spiro atoms. The molecule has 0 atom stereocenters. The van der Waals surface area contributed by atoms with Crippen LogP contribution in [0.25, 0.3) is 20.8 Å². The molecule has 1 heterocycles. The smallest absolute Gasteiger partial charge is 0.165 e. The van der Waals surface area contributed by atoms with Gasteiger partial charge in [0.25, 0.3) is 0 Å². The minimum atomic E-state index is -0.699. The Kier molecular flexibility index (Phi) is 4.10. The van der Waals surface area contributed by atoms with E-state index in [0.29, 0.717) is 16.3 Å². The number of para-hydroxylation sites is 2. The molecule has 0 aliphatic rings. The highest BCUT2D eigenvalue weighted by molar-refractivity contribution is 7.21. The molecular weight excluding hydrogens is 351 g/mol. The molecule has 0 bridgehead atoms. The molecule has 0 saturated heterocycles. The second-order valence-corrected chi connectivity index (χ2v) is 6.65. The minimum absolute atomic E-state index is 0.108. The first-order valence-electron chi connectivity index (χ1n) is 7.82. The van der Waals surface area contributed by atoms with Crippen LogP contribution in [0.2, 0.25) is 0 Å². The SMILES string of the molecule is Oc1ccc(N=Cc2cccc(F)c2O)cc1-c1nc2ccccc2s1. The Morgan fingerprint density at radius 1 is 1.00 bits per heavy atom. The van der Waals surface area contributed by atoms with E-state index in [-0.39, 0.29) is 11.3 Å². The zero-order valence-corrected chi connectivity index (χ0v) is 14.2. The third-order valence-electron chi connectivity index (χ3n) is 3.88. The van der Waals surface area contributed by atoms with Gasteiger partial charge in [0.2, 0.25) is 0 Å². The van der Waals surface area contributed by atoms with Crippen LogP contribution in [0.4, 0.5) is 10.1 Å². The van der Waals surface area contributed by atoms with Gasteiger partial charge in [-0.2, -0.15) is 0 Å². The third kappa shape index (κ3) is 3.02. The molecule has 2 N–H and O–H groups in total. The van der Waals surface area contributed by atoms with Crippen molar-refractivity contribution >= 4 is 33.5 Å². The number of thiazole rings is 1. The second-order valence-electron chi connectivity index (χ2n) is 5.62. The van der Waals surface area contributed by atoms with Crippen molar-refractivity contribution in [2.45, 2.75) is 0 Å². The molecule has 4 rings (SSSR count). The number of hydrogen-bond acceptors (Lipinski definition) is 5. The fourth-order valence-corrected chi connectivity index (χ4v) is 3.53. The largest absolute Gasteiger partial charge is 0.507 e. The Labute approximate surface area is 152 Å². The lowest BCUT2D eigenvalue weighted by Crippen LogP contribution is -1.85. The molecule has 0 amide bonds. The van der Waals surface area contributed by atoms with Gasteiger partial charge < -0.3 is 10.2 Å². The van der Waals surface area contributed by atoms with E-state index in [1.54, 1.807) is 24.3 Å². The van der Waals surface area contributed by atoms with Crippen LogP contribution in [0.3, 0.4) is 0 Å². The highest BCUT2D eigenvalue weighted by Crippen LogP contribution is 2.37. The summed E-state index contributed by atoms with van der Waals surface area (Å²) in [5.41, 5.74) is 2.27. The molecule has 0 fully saturated rings. The Balaban J connectivity index is 1.72. The molecule has 1 aromatic heterocycles. The van der Waals surface area contributed by atoms with E-state index in [2.05, 4.69) is 9.98 Å². The Hall–Kier alpha value is -3.25. The number of aliphatic imine (C=N–C) groups is 1. The van der Waals surface area contributed by atoms with Crippen molar-refractivity contribution in [1.29, 1.82) is 0 Å². The second kappa shape index (κ2) is 6.57. The molecule has 0 unspecified atom stereocenters. The van der Waals surface area contributed by atoms with Crippen molar-refractivity contribution in [3.8, 4) is 22.1 Å². The molecule has 0 aliphatic carbocycles. The van der Waals surface area contributed by atoms with Gasteiger partial charge in [-0.1, -0.05) is 18.2 Å². The van der Waals surface area contributed by atoms with Crippen molar-refractivity contribution in [2.75, 3.05) is 0 Å². The van der Waals surface area contributed by atoms with Crippen molar-refractivity contribution in [1.82, 2.24) is 4.98 Å². The van der Waals surface area contributed by atoms with Crippen LogP contribution in [0, 0.1) is 5.82 Å². The van der Waals surface area contributed by atoms with Crippen LogP contribution in [0.5, 0.6) is 11.5 Å². The van der Waals surface area contributed by atoms with E-state index in [1.165, 1.54) is 29.7 Å². The van der Waals surface area contributed by atoms with Gasteiger partial charge in [0, 0.05) is 11.8 Å². The lowest BCUT2D eigenvalue weighted by Gasteiger charge is -2.03. The number of phenols is 2. The lowest BCUT2D eigenvalue weighted by molar-refractivity contribution is 0.431. The van der Waals surface area contributed by atoms with E-state index in [9.17, 15) is 14.6 Å². The average molecular weight is 364 g/mol. The van der Waals surface area contributed by atoms with Crippen LogP contribution in [-0.4, -0.2) is 21.4 Å². The molecule has 128 valence electrons. The summed E-state index contributed by atoms with van der Waals surface area (Å²) in [5.74, 6) is -1.03. The standard InChI is InChI=1S/C20H13FN2O2S/c21-15-5-3-4-12(19(15)25)11-22-13-8-9-17(24)14(10-13)20-23-16-6-1-2-7-18(16)26-20/h1-11,24-25H. The van der Waals surface area contributed by atoms with Gasteiger partial charge in [-0.15, -0.1) is 11.3 Å². The first-order valence-corrected chi connectivity index (χ1v) is 8.64. The van der Waals surface area contributed by atoms with E-state index in [1.807, 2.05) is 24.3 Å². The zero-order valence-electron chi connectivity index (χ0n) is 13.4. The van der Waals surface area contributed by atoms with Crippen molar-refractivity contribution in [2.24, 2.45) is 4.99 Å². The van der Waals surface area contributed by atoms with Gasteiger partial charge >= 0.3 is 0 Å². The molecule has 6 heteroatoms. The van der Waals surface area contributed by atoms with Gasteiger partial charge in [-0.3, -0.25) is 4.99 Å².